The highest BCUT2D eigenvalue weighted by Gasteiger charge is 2.34. The average molecular weight is 379 g/mol. The first-order valence-electron chi connectivity index (χ1n) is 7.64. The number of hydrogen-bond acceptors (Lipinski definition) is 4. The standard InChI is InChI=1S/C17H15ClN2O4S/c18-13-11-7-3-4-8-12(11)25-14(13)16(22)20-19-15(21)9-5-1-2-6-10(9)17(23)24/h1-4,7-10H,5-6H2,(H,19,21)(H,20,22)(H,23,24)/t9-,10+/m1/s1. The minimum Gasteiger partial charge on any atom is -0.481 e. The molecule has 2 atom stereocenters. The number of benzene rings is 1. The number of fused-ring (bicyclic) bond motifs is 1. The van der Waals surface area contributed by atoms with Crippen LogP contribution in [0.25, 0.3) is 10.1 Å². The molecule has 0 aliphatic heterocycles. The first kappa shape index (κ1) is 17.4. The Morgan fingerprint density at radius 1 is 1.08 bits per heavy atom. The molecule has 0 unspecified atom stereocenters. The van der Waals surface area contributed by atoms with Crippen molar-refractivity contribution in [2.24, 2.45) is 11.8 Å². The summed E-state index contributed by atoms with van der Waals surface area (Å²) in [6.07, 6.45) is 4.14. The van der Waals surface area contributed by atoms with E-state index < -0.39 is 29.6 Å². The molecule has 1 heterocycles. The third kappa shape index (κ3) is 3.52. The second kappa shape index (κ2) is 7.25. The molecule has 3 rings (SSSR count). The molecule has 0 spiro atoms. The molecule has 1 aromatic carbocycles. The molecule has 0 fully saturated rings. The van der Waals surface area contributed by atoms with Gasteiger partial charge in [-0.15, -0.1) is 11.3 Å². The number of carbonyl (C=O) groups excluding carboxylic acids is 2. The number of nitrogens with one attached hydrogen (secondary N) is 2. The van der Waals surface area contributed by atoms with Crippen molar-refractivity contribution in [1.29, 1.82) is 0 Å². The molecule has 8 heteroatoms. The van der Waals surface area contributed by atoms with Crippen LogP contribution in [-0.2, 0) is 9.59 Å². The van der Waals surface area contributed by atoms with Crippen LogP contribution >= 0.6 is 22.9 Å². The molecule has 25 heavy (non-hydrogen) atoms. The lowest BCUT2D eigenvalue weighted by atomic mass is 9.82. The van der Waals surface area contributed by atoms with Crippen LogP contribution in [0.5, 0.6) is 0 Å². The number of thiophene rings is 1. The Morgan fingerprint density at radius 2 is 1.76 bits per heavy atom. The van der Waals surface area contributed by atoms with Crippen molar-refractivity contribution in [2.45, 2.75) is 12.8 Å². The fourth-order valence-corrected chi connectivity index (χ4v) is 4.22. The van der Waals surface area contributed by atoms with Crippen LogP contribution in [-0.4, -0.2) is 22.9 Å². The van der Waals surface area contributed by atoms with E-state index in [4.69, 9.17) is 11.6 Å². The van der Waals surface area contributed by atoms with Crippen LogP contribution in [0, 0.1) is 11.8 Å². The van der Waals surface area contributed by atoms with E-state index in [9.17, 15) is 19.5 Å². The van der Waals surface area contributed by atoms with E-state index >= 15 is 0 Å². The quantitative estimate of drug-likeness (QED) is 0.565. The van der Waals surface area contributed by atoms with Gasteiger partial charge < -0.3 is 5.11 Å². The van der Waals surface area contributed by atoms with E-state index in [1.807, 2.05) is 24.3 Å². The monoisotopic (exact) mass is 378 g/mol. The van der Waals surface area contributed by atoms with Gasteiger partial charge >= 0.3 is 5.97 Å². The Bertz CT molecular complexity index is 877. The highest BCUT2D eigenvalue weighted by atomic mass is 35.5. The number of allylic oxidation sites excluding steroid dienone is 2. The number of aliphatic carboxylic acids is 1. The number of amides is 2. The van der Waals surface area contributed by atoms with Gasteiger partial charge in [0.25, 0.3) is 5.91 Å². The van der Waals surface area contributed by atoms with Crippen molar-refractivity contribution in [1.82, 2.24) is 10.9 Å². The van der Waals surface area contributed by atoms with Crippen LogP contribution in [0.3, 0.4) is 0 Å². The third-order valence-corrected chi connectivity index (χ3v) is 5.80. The SMILES string of the molecule is O=C(NNC(=O)[C@@H]1CC=CC[C@@H]1C(=O)O)c1sc2ccccc2c1Cl. The van der Waals surface area contributed by atoms with Gasteiger partial charge in [-0.2, -0.15) is 0 Å². The minimum atomic E-state index is -1.02. The van der Waals surface area contributed by atoms with Gasteiger partial charge in [-0.25, -0.2) is 0 Å². The fourth-order valence-electron chi connectivity index (χ4n) is 2.80. The first-order valence-corrected chi connectivity index (χ1v) is 8.83. The summed E-state index contributed by atoms with van der Waals surface area (Å²) in [5, 5.41) is 10.3. The zero-order valence-corrected chi connectivity index (χ0v) is 14.6. The third-order valence-electron chi connectivity index (χ3n) is 4.13. The van der Waals surface area contributed by atoms with Crippen molar-refractivity contribution in [3.05, 3.63) is 46.3 Å². The van der Waals surface area contributed by atoms with E-state index in [0.29, 0.717) is 22.7 Å². The van der Waals surface area contributed by atoms with Gasteiger partial charge in [-0.1, -0.05) is 42.0 Å². The van der Waals surface area contributed by atoms with Gasteiger partial charge in [0.15, 0.2) is 0 Å². The predicted octanol–water partition coefficient (Wildman–Crippen LogP) is 2.98. The summed E-state index contributed by atoms with van der Waals surface area (Å²) >= 11 is 7.45. The molecule has 0 saturated heterocycles. The van der Waals surface area contributed by atoms with Crippen molar-refractivity contribution in [2.75, 3.05) is 0 Å². The molecule has 1 aromatic heterocycles. The predicted molar refractivity (Wildman–Crippen MR) is 95.4 cm³/mol. The Morgan fingerprint density at radius 3 is 2.44 bits per heavy atom. The van der Waals surface area contributed by atoms with Crippen LogP contribution in [0.2, 0.25) is 5.02 Å². The van der Waals surface area contributed by atoms with Gasteiger partial charge in [0.1, 0.15) is 4.88 Å². The Kier molecular flexibility index (Phi) is 5.06. The maximum atomic E-state index is 12.3. The van der Waals surface area contributed by atoms with Gasteiger partial charge in [0.05, 0.1) is 16.9 Å². The molecule has 1 aliphatic carbocycles. The fraction of sp³-hybridized carbons (Fsp3) is 0.235. The molecule has 6 nitrogen and oxygen atoms in total. The normalized spacial score (nSPS) is 19.6. The number of carboxylic acid groups (broad SMARTS) is 1. The summed E-state index contributed by atoms with van der Waals surface area (Å²) in [6.45, 7) is 0. The number of hydrazine groups is 1. The minimum absolute atomic E-state index is 0.293. The number of carbonyl (C=O) groups is 3. The lowest BCUT2D eigenvalue weighted by Crippen LogP contribution is -2.47. The summed E-state index contributed by atoms with van der Waals surface area (Å²) < 4.78 is 0.868. The molecule has 1 aliphatic rings. The number of halogens is 1. The number of rotatable bonds is 3. The van der Waals surface area contributed by atoms with E-state index in [2.05, 4.69) is 10.9 Å². The summed E-state index contributed by atoms with van der Waals surface area (Å²) in [6, 6.07) is 7.34. The van der Waals surface area contributed by atoms with Gasteiger partial charge in [0, 0.05) is 10.1 Å². The number of carboxylic acids is 1. The van der Waals surface area contributed by atoms with Gasteiger partial charge in [-0.3, -0.25) is 25.2 Å². The second-order valence-corrected chi connectivity index (χ2v) is 7.11. The average Bonchev–Trinajstić information content (AvgIpc) is 2.96. The van der Waals surface area contributed by atoms with Crippen molar-refractivity contribution in [3.8, 4) is 0 Å². The molecule has 2 amide bonds. The highest BCUT2D eigenvalue weighted by Crippen LogP contribution is 2.35. The Hall–Kier alpha value is -2.38. The van der Waals surface area contributed by atoms with Crippen molar-refractivity contribution >= 4 is 50.8 Å². The Balaban J connectivity index is 1.69. The molecular weight excluding hydrogens is 364 g/mol. The summed E-state index contributed by atoms with van der Waals surface area (Å²) in [4.78, 5) is 36.1. The molecule has 2 aromatic rings. The van der Waals surface area contributed by atoms with Crippen LogP contribution in [0.15, 0.2) is 36.4 Å². The molecule has 0 radical (unpaired) electrons. The van der Waals surface area contributed by atoms with Crippen LogP contribution in [0.4, 0.5) is 0 Å². The topological polar surface area (TPSA) is 95.5 Å². The van der Waals surface area contributed by atoms with E-state index in [0.717, 1.165) is 10.1 Å². The largest absolute Gasteiger partial charge is 0.481 e. The van der Waals surface area contributed by atoms with E-state index in [1.54, 1.807) is 12.2 Å². The lowest BCUT2D eigenvalue weighted by molar-refractivity contribution is -0.147. The smallest absolute Gasteiger partial charge is 0.307 e. The van der Waals surface area contributed by atoms with E-state index in [-0.39, 0.29) is 0 Å². The zero-order valence-electron chi connectivity index (χ0n) is 13.0. The molecule has 0 saturated carbocycles. The van der Waals surface area contributed by atoms with Gasteiger partial charge in [-0.05, 0) is 18.9 Å². The molecule has 3 N–H and O–H groups in total. The molecule has 0 bridgehead atoms. The lowest BCUT2D eigenvalue weighted by Gasteiger charge is -2.24. The molecular formula is C17H15ClN2O4S. The zero-order chi connectivity index (χ0) is 18.0. The van der Waals surface area contributed by atoms with Crippen molar-refractivity contribution < 1.29 is 19.5 Å². The van der Waals surface area contributed by atoms with Crippen LogP contribution < -0.4 is 10.9 Å². The summed E-state index contributed by atoms with van der Waals surface area (Å²) in [5.41, 5.74) is 4.65. The highest BCUT2D eigenvalue weighted by molar-refractivity contribution is 7.21. The summed E-state index contributed by atoms with van der Waals surface area (Å²) in [7, 11) is 0. The van der Waals surface area contributed by atoms with Crippen molar-refractivity contribution in [3.63, 3.8) is 0 Å². The maximum absolute atomic E-state index is 12.3. The summed E-state index contributed by atoms with van der Waals surface area (Å²) in [5.74, 6) is -3.60. The first-order chi connectivity index (χ1) is 12.0. The maximum Gasteiger partial charge on any atom is 0.307 e. The number of hydrogen-bond donors (Lipinski definition) is 3. The molecule has 130 valence electrons. The van der Waals surface area contributed by atoms with Gasteiger partial charge in [0.2, 0.25) is 5.91 Å². The van der Waals surface area contributed by atoms with E-state index in [1.165, 1.54) is 11.3 Å². The Labute approximate surface area is 152 Å². The second-order valence-electron chi connectivity index (χ2n) is 5.68. The van der Waals surface area contributed by atoms with Crippen LogP contribution in [0.1, 0.15) is 22.5 Å².